The second-order valence-electron chi connectivity index (χ2n) is 19.5. The molecule has 1 N–H and O–H groups in total. The SMILES string of the molecule is CCCCCCCC(CCCCCCC)C(=O)OCC(OC(=O)CCC1CC2CCCCC2C1)C(CNC(=O)CCN(C)C)OC(=O)CCC1CC2CCCCC2C1. The molecular formula is C49H86N2O7. The highest BCUT2D eigenvalue weighted by Gasteiger charge is 2.38. The van der Waals surface area contributed by atoms with Crippen molar-refractivity contribution in [3.63, 3.8) is 0 Å². The Bertz CT molecular complexity index is 1150. The highest BCUT2D eigenvalue weighted by molar-refractivity contribution is 5.76. The topological polar surface area (TPSA) is 111 Å². The number of carbonyl (C=O) groups excluding carboxylic acids is 4. The van der Waals surface area contributed by atoms with Crippen LogP contribution in [0, 0.1) is 41.4 Å². The highest BCUT2D eigenvalue weighted by Crippen LogP contribution is 2.47. The van der Waals surface area contributed by atoms with E-state index in [2.05, 4.69) is 19.2 Å². The average molecular weight is 815 g/mol. The quantitative estimate of drug-likeness (QED) is 0.0451. The number of ether oxygens (including phenoxy) is 3. The summed E-state index contributed by atoms with van der Waals surface area (Å²) in [6.45, 7) is 4.79. The van der Waals surface area contributed by atoms with Gasteiger partial charge in [-0.2, -0.15) is 0 Å². The number of carbonyl (C=O) groups is 4. The smallest absolute Gasteiger partial charge is 0.309 e. The van der Waals surface area contributed by atoms with Crippen LogP contribution in [-0.4, -0.2) is 74.7 Å². The van der Waals surface area contributed by atoms with Crippen molar-refractivity contribution >= 4 is 23.8 Å². The zero-order chi connectivity index (χ0) is 41.5. The molecule has 58 heavy (non-hydrogen) atoms. The molecule has 1 amide bonds. The Morgan fingerprint density at radius 2 is 1.05 bits per heavy atom. The van der Waals surface area contributed by atoms with E-state index in [1.54, 1.807) is 0 Å². The lowest BCUT2D eigenvalue weighted by molar-refractivity contribution is -0.177. The maximum absolute atomic E-state index is 13.9. The van der Waals surface area contributed by atoms with E-state index in [0.29, 0.717) is 24.8 Å². The number of nitrogens with zero attached hydrogens (tertiary/aromatic N) is 1. The second-order valence-corrected chi connectivity index (χ2v) is 19.5. The number of hydrogen-bond donors (Lipinski definition) is 1. The van der Waals surface area contributed by atoms with Crippen molar-refractivity contribution in [1.29, 1.82) is 0 Å². The standard InChI is InChI=1S/C49H86N2O7/c1-5-7-9-11-13-19-39(20-14-12-10-8-6-2)49(55)56-36-45(58-48(54)28-26-38-33-42-23-17-18-24-43(42)34-38)44(35-50-46(52)29-30-51(3)4)57-47(53)27-25-37-31-40-21-15-16-22-41(40)32-37/h37-45H,5-36H2,1-4H3,(H,50,52). The molecule has 6 unspecified atom stereocenters. The van der Waals surface area contributed by atoms with Gasteiger partial charge in [-0.25, -0.2) is 0 Å². The van der Waals surface area contributed by atoms with Crippen molar-refractivity contribution in [2.75, 3.05) is 33.8 Å². The van der Waals surface area contributed by atoms with Crippen LogP contribution < -0.4 is 5.32 Å². The molecule has 4 fully saturated rings. The van der Waals surface area contributed by atoms with Gasteiger partial charge in [0.2, 0.25) is 5.91 Å². The van der Waals surface area contributed by atoms with Gasteiger partial charge in [-0.1, -0.05) is 129 Å². The van der Waals surface area contributed by atoms with Gasteiger partial charge in [0, 0.05) is 25.8 Å². The summed E-state index contributed by atoms with van der Waals surface area (Å²) in [5.74, 6) is 2.88. The monoisotopic (exact) mass is 815 g/mol. The van der Waals surface area contributed by atoms with E-state index >= 15 is 0 Å². The molecule has 4 rings (SSSR count). The molecule has 0 aromatic carbocycles. The lowest BCUT2D eigenvalue weighted by Gasteiger charge is -2.28. The Morgan fingerprint density at radius 3 is 1.50 bits per heavy atom. The van der Waals surface area contributed by atoms with Crippen molar-refractivity contribution in [3.8, 4) is 0 Å². The molecule has 0 aromatic heterocycles. The molecule has 4 aliphatic rings. The van der Waals surface area contributed by atoms with Crippen LogP contribution in [0.5, 0.6) is 0 Å². The Hall–Kier alpha value is -2.16. The molecule has 0 bridgehead atoms. The summed E-state index contributed by atoms with van der Waals surface area (Å²) in [4.78, 5) is 56.1. The molecule has 0 saturated heterocycles. The van der Waals surface area contributed by atoms with Crippen LogP contribution in [-0.2, 0) is 33.4 Å². The van der Waals surface area contributed by atoms with Crippen LogP contribution in [0.1, 0.15) is 200 Å². The van der Waals surface area contributed by atoms with Gasteiger partial charge in [0.05, 0.1) is 12.5 Å². The zero-order valence-corrected chi connectivity index (χ0v) is 37.6. The molecule has 0 aliphatic heterocycles. The minimum atomic E-state index is -1.01. The van der Waals surface area contributed by atoms with E-state index in [4.69, 9.17) is 14.2 Å². The van der Waals surface area contributed by atoms with E-state index in [1.165, 1.54) is 116 Å². The third-order valence-corrected chi connectivity index (χ3v) is 14.5. The fourth-order valence-electron chi connectivity index (χ4n) is 11.0. The van der Waals surface area contributed by atoms with E-state index in [1.807, 2.05) is 19.0 Å². The lowest BCUT2D eigenvalue weighted by Crippen LogP contribution is -2.46. The summed E-state index contributed by atoms with van der Waals surface area (Å²) in [6.07, 6.45) is 28.6. The van der Waals surface area contributed by atoms with Gasteiger partial charge in [-0.3, -0.25) is 19.2 Å². The van der Waals surface area contributed by atoms with Crippen LogP contribution in [0.4, 0.5) is 0 Å². The number of esters is 3. The van der Waals surface area contributed by atoms with Crippen LogP contribution in [0.15, 0.2) is 0 Å². The molecule has 4 aliphatic carbocycles. The molecule has 4 saturated carbocycles. The van der Waals surface area contributed by atoms with Crippen LogP contribution in [0.2, 0.25) is 0 Å². The third kappa shape index (κ3) is 18.2. The fraction of sp³-hybridized carbons (Fsp3) is 0.918. The summed E-state index contributed by atoms with van der Waals surface area (Å²) in [7, 11) is 3.84. The summed E-state index contributed by atoms with van der Waals surface area (Å²) >= 11 is 0. The number of unbranched alkanes of at least 4 members (excludes halogenated alkanes) is 8. The molecule has 0 aromatic rings. The van der Waals surface area contributed by atoms with Gasteiger partial charge in [0.25, 0.3) is 0 Å². The molecule has 9 nitrogen and oxygen atoms in total. The second kappa shape index (κ2) is 27.6. The Labute approximate surface area is 354 Å². The summed E-state index contributed by atoms with van der Waals surface area (Å²) in [5.41, 5.74) is 0. The molecule has 334 valence electrons. The van der Waals surface area contributed by atoms with Crippen molar-refractivity contribution in [2.45, 2.75) is 212 Å². The summed E-state index contributed by atoms with van der Waals surface area (Å²) in [6, 6.07) is 0. The van der Waals surface area contributed by atoms with E-state index in [0.717, 1.165) is 75.0 Å². The predicted octanol–water partition coefficient (Wildman–Crippen LogP) is 10.8. The van der Waals surface area contributed by atoms with Crippen LogP contribution in [0.3, 0.4) is 0 Å². The molecule has 0 radical (unpaired) electrons. The maximum atomic E-state index is 13.9. The molecule has 9 heteroatoms. The van der Waals surface area contributed by atoms with Gasteiger partial charge < -0.3 is 24.4 Å². The van der Waals surface area contributed by atoms with E-state index in [9.17, 15) is 19.2 Å². The lowest BCUT2D eigenvalue weighted by atomic mass is 9.82. The predicted molar refractivity (Wildman–Crippen MR) is 232 cm³/mol. The average Bonchev–Trinajstić information content (AvgIpc) is 3.84. The highest BCUT2D eigenvalue weighted by atomic mass is 16.6. The normalized spacial score (nSPS) is 25.2. The first kappa shape index (κ1) is 48.5. The summed E-state index contributed by atoms with van der Waals surface area (Å²) < 4.78 is 18.5. The van der Waals surface area contributed by atoms with Crippen molar-refractivity contribution in [2.24, 2.45) is 41.4 Å². The molecular weight excluding hydrogens is 729 g/mol. The minimum absolute atomic E-state index is 0.00858. The summed E-state index contributed by atoms with van der Waals surface area (Å²) in [5, 5.41) is 2.96. The van der Waals surface area contributed by atoms with Gasteiger partial charge in [0.1, 0.15) is 6.61 Å². The first-order chi connectivity index (χ1) is 28.1. The van der Waals surface area contributed by atoms with Gasteiger partial charge in [0.15, 0.2) is 12.2 Å². The molecule has 6 atom stereocenters. The molecule has 0 spiro atoms. The van der Waals surface area contributed by atoms with Crippen molar-refractivity contribution < 1.29 is 33.4 Å². The Kier molecular flexibility index (Phi) is 23.1. The van der Waals surface area contributed by atoms with Gasteiger partial charge >= 0.3 is 17.9 Å². The number of amides is 1. The first-order valence-corrected chi connectivity index (χ1v) is 24.6. The maximum Gasteiger partial charge on any atom is 0.309 e. The van der Waals surface area contributed by atoms with Gasteiger partial charge in [-0.05, 0) is 101 Å². The number of nitrogens with one attached hydrogen (secondary N) is 1. The van der Waals surface area contributed by atoms with Crippen LogP contribution in [0.25, 0.3) is 0 Å². The number of fused-ring (bicyclic) bond motifs is 2. The first-order valence-electron chi connectivity index (χ1n) is 24.6. The van der Waals surface area contributed by atoms with Crippen LogP contribution >= 0.6 is 0 Å². The van der Waals surface area contributed by atoms with Crippen molar-refractivity contribution in [1.82, 2.24) is 10.2 Å². The third-order valence-electron chi connectivity index (χ3n) is 14.5. The zero-order valence-electron chi connectivity index (χ0n) is 37.6. The van der Waals surface area contributed by atoms with Gasteiger partial charge in [-0.15, -0.1) is 0 Å². The largest absolute Gasteiger partial charge is 0.461 e. The Morgan fingerprint density at radius 1 is 0.603 bits per heavy atom. The number of hydrogen-bond acceptors (Lipinski definition) is 8. The van der Waals surface area contributed by atoms with E-state index < -0.39 is 12.2 Å². The van der Waals surface area contributed by atoms with Crippen molar-refractivity contribution in [3.05, 3.63) is 0 Å². The minimum Gasteiger partial charge on any atom is -0.461 e. The molecule has 0 heterocycles. The Balaban J connectivity index is 1.44. The fourth-order valence-corrected chi connectivity index (χ4v) is 11.0. The van der Waals surface area contributed by atoms with E-state index in [-0.39, 0.29) is 55.7 Å². The number of rotatable bonds is 29.